The second kappa shape index (κ2) is 6.74. The fourth-order valence-electron chi connectivity index (χ4n) is 1.36. The fourth-order valence-corrected chi connectivity index (χ4v) is 2.32. The maximum atomic E-state index is 11.6. The van der Waals surface area contributed by atoms with Crippen molar-refractivity contribution in [3.8, 4) is 5.75 Å². The lowest BCUT2D eigenvalue weighted by molar-refractivity contribution is -0.122. The average Bonchev–Trinajstić information content (AvgIpc) is 2.94. The number of benzene rings is 1. The molecule has 0 fully saturated rings. The number of hydrogen-bond acceptors (Lipinski definition) is 4. The van der Waals surface area contributed by atoms with Gasteiger partial charge in [-0.3, -0.25) is 14.9 Å². The van der Waals surface area contributed by atoms with E-state index in [-0.39, 0.29) is 12.4 Å². The average molecular weight is 330 g/mol. The molecule has 1 N–H and O–H groups in total. The van der Waals surface area contributed by atoms with Crippen molar-refractivity contribution >= 4 is 46.4 Å². The van der Waals surface area contributed by atoms with Crippen LogP contribution in [-0.4, -0.2) is 18.4 Å². The van der Waals surface area contributed by atoms with Crippen LogP contribution >= 0.6 is 34.5 Å². The number of carbonyl (C=O) groups excluding carboxylic acids is 2. The molecule has 4 nitrogen and oxygen atoms in total. The molecule has 2 aromatic rings. The number of thiophene rings is 1. The number of rotatable bonds is 4. The molecule has 0 aliphatic heterocycles. The van der Waals surface area contributed by atoms with Gasteiger partial charge in [0, 0.05) is 11.1 Å². The van der Waals surface area contributed by atoms with Crippen molar-refractivity contribution in [2.45, 2.75) is 0 Å². The zero-order chi connectivity index (χ0) is 14.5. The normalized spacial score (nSPS) is 10.1. The second-order valence-corrected chi connectivity index (χ2v) is 5.51. The van der Waals surface area contributed by atoms with E-state index in [1.165, 1.54) is 17.4 Å². The van der Waals surface area contributed by atoms with Gasteiger partial charge in [0.25, 0.3) is 11.8 Å². The number of hydrogen-bond donors (Lipinski definition) is 1. The van der Waals surface area contributed by atoms with Crippen LogP contribution in [0.5, 0.6) is 5.75 Å². The zero-order valence-electron chi connectivity index (χ0n) is 10.1. The minimum atomic E-state index is -0.556. The molecule has 0 atom stereocenters. The summed E-state index contributed by atoms with van der Waals surface area (Å²) in [7, 11) is 0. The van der Waals surface area contributed by atoms with Gasteiger partial charge in [0.05, 0.1) is 9.90 Å². The smallest absolute Gasteiger partial charge is 0.268 e. The number of amides is 2. The van der Waals surface area contributed by atoms with E-state index in [1.807, 2.05) is 0 Å². The summed E-state index contributed by atoms with van der Waals surface area (Å²) in [4.78, 5) is 23.7. The molecule has 20 heavy (non-hydrogen) atoms. The highest BCUT2D eigenvalue weighted by Gasteiger charge is 2.12. The highest BCUT2D eigenvalue weighted by Crippen LogP contribution is 2.27. The molecule has 1 aromatic heterocycles. The molecule has 0 saturated carbocycles. The van der Waals surface area contributed by atoms with Crippen LogP contribution in [0, 0.1) is 0 Å². The van der Waals surface area contributed by atoms with Crippen LogP contribution in [0.2, 0.25) is 10.0 Å². The Bertz CT molecular complexity index is 629. The summed E-state index contributed by atoms with van der Waals surface area (Å²) in [5.74, 6) is -0.719. The molecule has 7 heteroatoms. The summed E-state index contributed by atoms with van der Waals surface area (Å²) >= 11 is 12.9. The summed E-state index contributed by atoms with van der Waals surface area (Å²) in [5, 5.41) is 4.75. The molecule has 1 aromatic carbocycles. The third-order valence-electron chi connectivity index (χ3n) is 2.25. The van der Waals surface area contributed by atoms with Crippen molar-refractivity contribution < 1.29 is 14.3 Å². The molecular formula is C13H9Cl2NO3S. The van der Waals surface area contributed by atoms with Gasteiger partial charge in [-0.25, -0.2) is 0 Å². The van der Waals surface area contributed by atoms with Gasteiger partial charge in [0.2, 0.25) is 0 Å². The van der Waals surface area contributed by atoms with Crippen molar-refractivity contribution in [3.05, 3.63) is 50.6 Å². The highest BCUT2D eigenvalue weighted by atomic mass is 35.5. The van der Waals surface area contributed by atoms with E-state index in [2.05, 4.69) is 5.32 Å². The first-order chi connectivity index (χ1) is 9.56. The second-order valence-electron chi connectivity index (χ2n) is 3.72. The van der Waals surface area contributed by atoms with Gasteiger partial charge in [-0.1, -0.05) is 29.3 Å². The van der Waals surface area contributed by atoms with E-state index >= 15 is 0 Å². The van der Waals surface area contributed by atoms with Crippen LogP contribution < -0.4 is 10.1 Å². The Morgan fingerprint density at radius 3 is 2.75 bits per heavy atom. The van der Waals surface area contributed by atoms with Crippen molar-refractivity contribution in [3.63, 3.8) is 0 Å². The van der Waals surface area contributed by atoms with Crippen LogP contribution in [0.3, 0.4) is 0 Å². The van der Waals surface area contributed by atoms with Crippen LogP contribution in [-0.2, 0) is 4.79 Å². The number of nitrogens with one attached hydrogen (secondary N) is 1. The van der Waals surface area contributed by atoms with Crippen LogP contribution in [0.25, 0.3) is 0 Å². The van der Waals surface area contributed by atoms with Gasteiger partial charge in [-0.15, -0.1) is 11.3 Å². The monoisotopic (exact) mass is 329 g/mol. The summed E-state index contributed by atoms with van der Waals surface area (Å²) in [6.45, 7) is -0.322. The molecule has 0 aliphatic rings. The lowest BCUT2D eigenvalue weighted by Crippen LogP contribution is -2.33. The summed E-state index contributed by atoms with van der Waals surface area (Å²) in [6.07, 6.45) is 0. The van der Waals surface area contributed by atoms with Gasteiger partial charge in [0.1, 0.15) is 5.75 Å². The Morgan fingerprint density at radius 2 is 2.05 bits per heavy atom. The molecule has 0 saturated heterocycles. The summed E-state index contributed by atoms with van der Waals surface area (Å²) in [6, 6.07) is 8.03. The van der Waals surface area contributed by atoms with Gasteiger partial charge < -0.3 is 4.74 Å². The lowest BCUT2D eigenvalue weighted by Gasteiger charge is -2.08. The van der Waals surface area contributed by atoms with Crippen LogP contribution in [0.4, 0.5) is 0 Å². The Balaban J connectivity index is 1.89. The molecule has 0 radical (unpaired) electrons. The Kier molecular flexibility index (Phi) is 5.00. The molecule has 0 aliphatic carbocycles. The van der Waals surface area contributed by atoms with E-state index in [0.29, 0.717) is 14.9 Å². The molecule has 104 valence electrons. The van der Waals surface area contributed by atoms with Gasteiger partial charge in [-0.2, -0.15) is 0 Å². The lowest BCUT2D eigenvalue weighted by atomic mass is 10.3. The first-order valence-electron chi connectivity index (χ1n) is 5.52. The fraction of sp³-hybridized carbons (Fsp3) is 0.0769. The Labute approximate surface area is 129 Å². The SMILES string of the molecule is O=C(COc1cc(Cl)ccc1Cl)NC(=O)c1cccs1. The maximum absolute atomic E-state index is 11.6. The molecule has 0 unspecified atom stereocenters. The predicted molar refractivity (Wildman–Crippen MR) is 78.7 cm³/mol. The van der Waals surface area contributed by atoms with Crippen LogP contribution in [0.15, 0.2) is 35.7 Å². The number of imide groups is 1. The quantitative estimate of drug-likeness (QED) is 0.935. The highest BCUT2D eigenvalue weighted by molar-refractivity contribution is 7.12. The van der Waals surface area contributed by atoms with Gasteiger partial charge in [0.15, 0.2) is 6.61 Å². The molecule has 2 rings (SSSR count). The van der Waals surface area contributed by atoms with E-state index < -0.39 is 11.8 Å². The minimum Gasteiger partial charge on any atom is -0.482 e. The minimum absolute atomic E-state index is 0.290. The first-order valence-corrected chi connectivity index (χ1v) is 7.15. The van der Waals surface area contributed by atoms with E-state index in [1.54, 1.807) is 29.6 Å². The topological polar surface area (TPSA) is 55.4 Å². The molecule has 2 amide bonds. The zero-order valence-corrected chi connectivity index (χ0v) is 12.4. The molecular weight excluding hydrogens is 321 g/mol. The summed E-state index contributed by atoms with van der Waals surface area (Å²) in [5.41, 5.74) is 0. The number of ether oxygens (including phenoxy) is 1. The van der Waals surface area contributed by atoms with Crippen molar-refractivity contribution in [2.75, 3.05) is 6.61 Å². The van der Waals surface area contributed by atoms with Gasteiger partial charge >= 0.3 is 0 Å². The largest absolute Gasteiger partial charge is 0.482 e. The number of carbonyl (C=O) groups is 2. The summed E-state index contributed by atoms with van der Waals surface area (Å²) < 4.78 is 5.22. The molecule has 0 spiro atoms. The Morgan fingerprint density at radius 1 is 1.25 bits per heavy atom. The van der Waals surface area contributed by atoms with Crippen molar-refractivity contribution in [2.24, 2.45) is 0 Å². The third-order valence-corrected chi connectivity index (χ3v) is 3.67. The van der Waals surface area contributed by atoms with E-state index in [9.17, 15) is 9.59 Å². The number of halogens is 2. The molecule has 0 bridgehead atoms. The standard InChI is InChI=1S/C13H9Cl2NO3S/c14-8-3-4-9(15)10(6-8)19-7-12(17)16-13(18)11-2-1-5-20-11/h1-6H,7H2,(H,16,17,18). The maximum Gasteiger partial charge on any atom is 0.268 e. The van der Waals surface area contributed by atoms with E-state index in [4.69, 9.17) is 27.9 Å². The van der Waals surface area contributed by atoms with Crippen LogP contribution in [0.1, 0.15) is 9.67 Å². The van der Waals surface area contributed by atoms with E-state index in [0.717, 1.165) is 0 Å². The Hall–Kier alpha value is -1.56. The third kappa shape index (κ3) is 3.96. The van der Waals surface area contributed by atoms with Crippen molar-refractivity contribution in [1.82, 2.24) is 5.32 Å². The predicted octanol–water partition coefficient (Wildman–Crippen LogP) is 3.39. The first kappa shape index (κ1) is 14.8. The molecule has 1 heterocycles. The van der Waals surface area contributed by atoms with Crippen molar-refractivity contribution in [1.29, 1.82) is 0 Å². The van der Waals surface area contributed by atoms with Gasteiger partial charge in [-0.05, 0) is 23.6 Å².